The van der Waals surface area contributed by atoms with Crippen molar-refractivity contribution in [3.05, 3.63) is 24.3 Å². The van der Waals surface area contributed by atoms with E-state index < -0.39 is 6.10 Å². The molecule has 2 unspecified atom stereocenters. The van der Waals surface area contributed by atoms with Crippen LogP contribution in [0.2, 0.25) is 0 Å². The number of rotatable bonds is 3. The summed E-state index contributed by atoms with van der Waals surface area (Å²) in [7, 11) is 1.94. The summed E-state index contributed by atoms with van der Waals surface area (Å²) in [6.45, 7) is 2.87. The van der Waals surface area contributed by atoms with Gasteiger partial charge in [-0.3, -0.25) is 4.79 Å². The van der Waals surface area contributed by atoms with E-state index in [-0.39, 0.29) is 5.91 Å². The lowest BCUT2D eigenvalue weighted by Crippen LogP contribution is -2.45. The molecule has 1 N–H and O–H groups in total. The number of nitrogens with one attached hydrogen (secondary N) is 1. The Morgan fingerprint density at radius 1 is 1.40 bits per heavy atom. The van der Waals surface area contributed by atoms with Gasteiger partial charge >= 0.3 is 0 Å². The average molecular weight is 276 g/mol. The van der Waals surface area contributed by atoms with E-state index in [4.69, 9.17) is 9.47 Å². The Bertz CT molecular complexity index is 492. The smallest absolute Gasteiger partial charge is 0.267 e. The zero-order chi connectivity index (χ0) is 13.9. The van der Waals surface area contributed by atoms with Crippen molar-refractivity contribution in [1.82, 2.24) is 10.2 Å². The van der Waals surface area contributed by atoms with Crippen molar-refractivity contribution in [3.63, 3.8) is 0 Å². The van der Waals surface area contributed by atoms with Crippen molar-refractivity contribution in [3.8, 4) is 11.5 Å². The second-order valence-corrected chi connectivity index (χ2v) is 5.36. The van der Waals surface area contributed by atoms with Crippen molar-refractivity contribution >= 4 is 5.91 Å². The molecule has 0 saturated carbocycles. The fourth-order valence-electron chi connectivity index (χ4n) is 2.83. The topological polar surface area (TPSA) is 50.8 Å². The van der Waals surface area contributed by atoms with E-state index in [1.54, 1.807) is 0 Å². The molecule has 2 aliphatic heterocycles. The second kappa shape index (κ2) is 5.71. The van der Waals surface area contributed by atoms with Gasteiger partial charge < -0.3 is 19.7 Å². The molecule has 1 aromatic rings. The summed E-state index contributed by atoms with van der Waals surface area (Å²) in [5.74, 6) is 1.95. The number of benzene rings is 1. The highest BCUT2D eigenvalue weighted by molar-refractivity contribution is 5.82. The van der Waals surface area contributed by atoms with Gasteiger partial charge in [0.1, 0.15) is 6.61 Å². The average Bonchev–Trinajstić information content (AvgIpc) is 2.95. The largest absolute Gasteiger partial charge is 0.485 e. The van der Waals surface area contributed by atoms with E-state index >= 15 is 0 Å². The minimum atomic E-state index is -0.516. The molecule has 5 heteroatoms. The summed E-state index contributed by atoms with van der Waals surface area (Å²) in [4.78, 5) is 14.4. The number of amides is 1. The molecule has 0 aromatic heterocycles. The summed E-state index contributed by atoms with van der Waals surface area (Å²) < 4.78 is 11.4. The van der Waals surface area contributed by atoms with Crippen LogP contribution in [0.25, 0.3) is 0 Å². The van der Waals surface area contributed by atoms with Gasteiger partial charge in [-0.2, -0.15) is 0 Å². The minimum absolute atomic E-state index is 0.0399. The van der Waals surface area contributed by atoms with Crippen molar-refractivity contribution in [1.29, 1.82) is 0 Å². The van der Waals surface area contributed by atoms with Gasteiger partial charge in [0.25, 0.3) is 5.91 Å². The van der Waals surface area contributed by atoms with Crippen LogP contribution < -0.4 is 14.8 Å². The van der Waals surface area contributed by atoms with Crippen LogP contribution in [-0.2, 0) is 4.79 Å². The Morgan fingerprint density at radius 2 is 2.20 bits per heavy atom. The molecule has 1 amide bonds. The first-order valence-corrected chi connectivity index (χ1v) is 7.10. The number of hydrogen-bond acceptors (Lipinski definition) is 4. The Labute approximate surface area is 118 Å². The van der Waals surface area contributed by atoms with Crippen LogP contribution >= 0.6 is 0 Å². The van der Waals surface area contributed by atoms with Gasteiger partial charge in [0.15, 0.2) is 11.5 Å². The van der Waals surface area contributed by atoms with Crippen molar-refractivity contribution in [2.45, 2.75) is 12.5 Å². The lowest BCUT2D eigenvalue weighted by atomic mass is 10.1. The predicted molar refractivity (Wildman–Crippen MR) is 75.0 cm³/mol. The molecule has 5 nitrogen and oxygen atoms in total. The predicted octanol–water partition coefficient (Wildman–Crippen LogP) is 0.894. The van der Waals surface area contributed by atoms with Gasteiger partial charge in [-0.1, -0.05) is 12.1 Å². The summed E-state index contributed by atoms with van der Waals surface area (Å²) in [6.07, 6.45) is 0.537. The number of likely N-dealkylation sites (tertiary alicyclic amines) is 1. The Balaban J connectivity index is 1.62. The first-order chi connectivity index (χ1) is 9.78. The zero-order valence-corrected chi connectivity index (χ0v) is 11.7. The van der Waals surface area contributed by atoms with E-state index in [0.29, 0.717) is 24.0 Å². The zero-order valence-electron chi connectivity index (χ0n) is 11.7. The van der Waals surface area contributed by atoms with Gasteiger partial charge in [-0.25, -0.2) is 0 Å². The lowest BCUT2D eigenvalue weighted by molar-refractivity contribution is -0.140. The monoisotopic (exact) mass is 276 g/mol. The van der Waals surface area contributed by atoms with E-state index in [9.17, 15) is 4.79 Å². The van der Waals surface area contributed by atoms with Crippen LogP contribution in [0.5, 0.6) is 11.5 Å². The summed E-state index contributed by atoms with van der Waals surface area (Å²) >= 11 is 0. The molecule has 2 atom stereocenters. The highest BCUT2D eigenvalue weighted by Crippen LogP contribution is 2.31. The Kier molecular flexibility index (Phi) is 3.78. The fourth-order valence-corrected chi connectivity index (χ4v) is 2.83. The number of nitrogens with zero attached hydrogens (tertiary/aromatic N) is 1. The van der Waals surface area contributed by atoms with Crippen molar-refractivity contribution < 1.29 is 14.3 Å². The van der Waals surface area contributed by atoms with Crippen molar-refractivity contribution in [2.75, 3.05) is 33.3 Å². The molecular formula is C15H20N2O3. The molecule has 1 saturated heterocycles. The molecule has 108 valence electrons. The standard InChI is InChI=1S/C15H20N2O3/c1-16-8-11-6-7-17(9-11)15(18)14-10-19-12-4-2-3-5-13(12)20-14/h2-5,11,14,16H,6-10H2,1H3. The third-order valence-electron chi connectivity index (χ3n) is 3.87. The third kappa shape index (κ3) is 2.58. The maximum atomic E-state index is 12.5. The van der Waals surface area contributed by atoms with Gasteiger partial charge in [0.2, 0.25) is 6.10 Å². The van der Waals surface area contributed by atoms with Gasteiger partial charge in [0, 0.05) is 13.1 Å². The molecule has 0 spiro atoms. The lowest BCUT2D eigenvalue weighted by Gasteiger charge is -2.28. The van der Waals surface area contributed by atoms with Crippen LogP contribution in [0.4, 0.5) is 0 Å². The van der Waals surface area contributed by atoms with E-state index in [0.717, 1.165) is 26.1 Å². The van der Waals surface area contributed by atoms with Crippen LogP contribution in [0.1, 0.15) is 6.42 Å². The first kappa shape index (κ1) is 13.2. The molecule has 0 radical (unpaired) electrons. The normalized spacial score (nSPS) is 24.8. The molecule has 2 heterocycles. The number of para-hydroxylation sites is 2. The Morgan fingerprint density at radius 3 is 3.00 bits per heavy atom. The number of carbonyl (C=O) groups excluding carboxylic acids is 1. The third-order valence-corrected chi connectivity index (χ3v) is 3.87. The molecule has 2 aliphatic rings. The van der Waals surface area contributed by atoms with Crippen LogP contribution in [0, 0.1) is 5.92 Å². The fraction of sp³-hybridized carbons (Fsp3) is 0.533. The van der Waals surface area contributed by atoms with Gasteiger partial charge in [0.05, 0.1) is 0 Å². The number of fused-ring (bicyclic) bond motifs is 1. The Hall–Kier alpha value is -1.75. The number of ether oxygens (including phenoxy) is 2. The SMILES string of the molecule is CNCC1CCN(C(=O)C2COc3ccccc3O2)C1. The summed E-state index contributed by atoms with van der Waals surface area (Å²) in [5.41, 5.74) is 0. The number of hydrogen-bond donors (Lipinski definition) is 1. The molecule has 20 heavy (non-hydrogen) atoms. The van der Waals surface area contributed by atoms with E-state index in [1.165, 1.54) is 0 Å². The van der Waals surface area contributed by atoms with E-state index in [2.05, 4.69) is 5.32 Å². The maximum Gasteiger partial charge on any atom is 0.267 e. The summed E-state index contributed by atoms with van der Waals surface area (Å²) in [5, 5.41) is 3.17. The van der Waals surface area contributed by atoms with Gasteiger partial charge in [-0.05, 0) is 38.1 Å². The molecule has 1 fully saturated rings. The van der Waals surface area contributed by atoms with E-state index in [1.807, 2.05) is 36.2 Å². The molecule has 0 aliphatic carbocycles. The van der Waals surface area contributed by atoms with Crippen LogP contribution in [0.3, 0.4) is 0 Å². The van der Waals surface area contributed by atoms with Crippen LogP contribution in [0.15, 0.2) is 24.3 Å². The maximum absolute atomic E-state index is 12.5. The summed E-state index contributed by atoms with van der Waals surface area (Å²) in [6, 6.07) is 7.47. The highest BCUT2D eigenvalue weighted by atomic mass is 16.6. The minimum Gasteiger partial charge on any atom is -0.485 e. The quantitative estimate of drug-likeness (QED) is 0.891. The number of carbonyl (C=O) groups is 1. The molecule has 3 rings (SSSR count). The molecule has 1 aromatic carbocycles. The van der Waals surface area contributed by atoms with Crippen LogP contribution in [-0.4, -0.2) is 50.2 Å². The molecule has 0 bridgehead atoms. The second-order valence-electron chi connectivity index (χ2n) is 5.36. The molecular weight excluding hydrogens is 256 g/mol. The van der Waals surface area contributed by atoms with Gasteiger partial charge in [-0.15, -0.1) is 0 Å². The first-order valence-electron chi connectivity index (χ1n) is 7.10. The van der Waals surface area contributed by atoms with Crippen molar-refractivity contribution in [2.24, 2.45) is 5.92 Å². The highest BCUT2D eigenvalue weighted by Gasteiger charge is 2.34.